The molecule has 1 aromatic rings. The first kappa shape index (κ1) is 10.2. The van der Waals surface area contributed by atoms with Crippen molar-refractivity contribution in [3.05, 3.63) is 17.0 Å². The van der Waals surface area contributed by atoms with Crippen molar-refractivity contribution in [2.24, 2.45) is 5.73 Å². The van der Waals surface area contributed by atoms with Crippen LogP contribution in [0.3, 0.4) is 0 Å². The van der Waals surface area contributed by atoms with Gasteiger partial charge in [-0.05, 0) is 33.4 Å². The number of hydrogen-bond donors (Lipinski definition) is 2. The van der Waals surface area contributed by atoms with Crippen LogP contribution in [0, 0.1) is 13.8 Å². The maximum atomic E-state index is 5.38. The summed E-state index contributed by atoms with van der Waals surface area (Å²) in [4.78, 5) is 0. The molecule has 13 heavy (non-hydrogen) atoms. The lowest BCUT2D eigenvalue weighted by Gasteiger charge is -2.02. The Labute approximate surface area is 78.5 Å². The zero-order valence-corrected chi connectivity index (χ0v) is 8.26. The van der Waals surface area contributed by atoms with Crippen molar-refractivity contribution in [2.75, 3.05) is 13.1 Å². The molecule has 0 fully saturated rings. The second-order valence-electron chi connectivity index (χ2n) is 3.12. The number of aryl methyl sites for hydroxylation is 2. The number of nitrogens with one attached hydrogen (secondary N) is 1. The van der Waals surface area contributed by atoms with Gasteiger partial charge in [0.15, 0.2) is 0 Å². The van der Waals surface area contributed by atoms with E-state index in [0.29, 0.717) is 0 Å². The summed E-state index contributed by atoms with van der Waals surface area (Å²) < 4.78 is 5.04. The second-order valence-corrected chi connectivity index (χ2v) is 3.12. The van der Waals surface area contributed by atoms with E-state index in [4.69, 9.17) is 10.3 Å². The molecular formula is C9H17N3O. The lowest BCUT2D eigenvalue weighted by molar-refractivity contribution is 0.392. The molecular weight excluding hydrogens is 166 g/mol. The summed E-state index contributed by atoms with van der Waals surface area (Å²) in [6, 6.07) is 0. The summed E-state index contributed by atoms with van der Waals surface area (Å²) in [5.74, 6) is 0.901. The van der Waals surface area contributed by atoms with Crippen LogP contribution >= 0.6 is 0 Å². The van der Waals surface area contributed by atoms with Crippen molar-refractivity contribution >= 4 is 0 Å². The van der Waals surface area contributed by atoms with Gasteiger partial charge in [0, 0.05) is 12.1 Å². The highest BCUT2D eigenvalue weighted by atomic mass is 16.5. The van der Waals surface area contributed by atoms with Crippen LogP contribution in [-0.4, -0.2) is 18.2 Å². The Morgan fingerprint density at radius 2 is 2.23 bits per heavy atom. The highest BCUT2D eigenvalue weighted by Gasteiger charge is 2.06. The number of nitrogens with zero attached hydrogens (tertiary/aromatic N) is 1. The summed E-state index contributed by atoms with van der Waals surface area (Å²) >= 11 is 0. The molecule has 0 spiro atoms. The molecule has 0 saturated heterocycles. The molecule has 0 radical (unpaired) electrons. The number of nitrogens with two attached hydrogens (primary N) is 1. The maximum absolute atomic E-state index is 5.38. The number of aromatic nitrogens is 1. The highest BCUT2D eigenvalue weighted by molar-refractivity contribution is 5.20. The van der Waals surface area contributed by atoms with E-state index < -0.39 is 0 Å². The third kappa shape index (κ3) is 2.82. The van der Waals surface area contributed by atoms with Crippen LogP contribution in [0.4, 0.5) is 0 Å². The predicted molar refractivity (Wildman–Crippen MR) is 51.4 cm³/mol. The summed E-state index contributed by atoms with van der Waals surface area (Å²) in [7, 11) is 0. The minimum absolute atomic E-state index is 0.731. The third-order valence-electron chi connectivity index (χ3n) is 2.04. The lowest BCUT2D eigenvalue weighted by Crippen LogP contribution is -2.18. The molecule has 4 heteroatoms. The van der Waals surface area contributed by atoms with E-state index in [9.17, 15) is 0 Å². The molecule has 0 atom stereocenters. The van der Waals surface area contributed by atoms with Crippen LogP contribution in [0.5, 0.6) is 0 Å². The van der Waals surface area contributed by atoms with Crippen LogP contribution in [0.15, 0.2) is 4.52 Å². The predicted octanol–water partition coefficient (Wildman–Crippen LogP) is 0.730. The fourth-order valence-electron chi connectivity index (χ4n) is 1.19. The smallest absolute Gasteiger partial charge is 0.138 e. The van der Waals surface area contributed by atoms with Gasteiger partial charge in [-0.3, -0.25) is 0 Å². The standard InChI is InChI=1S/C9H17N3O/c1-7-9(8(2)13-12-7)6-11-5-3-4-10/h11H,3-6,10H2,1-2H3. The largest absolute Gasteiger partial charge is 0.361 e. The first-order valence-corrected chi connectivity index (χ1v) is 4.58. The van der Waals surface area contributed by atoms with Crippen molar-refractivity contribution in [3.8, 4) is 0 Å². The van der Waals surface area contributed by atoms with Gasteiger partial charge in [0.1, 0.15) is 5.76 Å². The highest BCUT2D eigenvalue weighted by Crippen LogP contribution is 2.10. The fourth-order valence-corrected chi connectivity index (χ4v) is 1.19. The van der Waals surface area contributed by atoms with Crippen LogP contribution in [0.1, 0.15) is 23.4 Å². The van der Waals surface area contributed by atoms with Gasteiger partial charge >= 0.3 is 0 Å². The van der Waals surface area contributed by atoms with Crippen molar-refractivity contribution in [1.29, 1.82) is 0 Å². The first-order valence-electron chi connectivity index (χ1n) is 4.58. The Hall–Kier alpha value is -0.870. The third-order valence-corrected chi connectivity index (χ3v) is 2.04. The van der Waals surface area contributed by atoms with Crippen LogP contribution in [-0.2, 0) is 6.54 Å². The fraction of sp³-hybridized carbons (Fsp3) is 0.667. The van der Waals surface area contributed by atoms with Crippen molar-refractivity contribution in [2.45, 2.75) is 26.8 Å². The van der Waals surface area contributed by atoms with Crippen molar-refractivity contribution in [1.82, 2.24) is 10.5 Å². The van der Waals surface area contributed by atoms with Crippen molar-refractivity contribution < 1.29 is 4.52 Å². The van der Waals surface area contributed by atoms with Gasteiger partial charge in [0.25, 0.3) is 0 Å². The van der Waals surface area contributed by atoms with E-state index in [1.807, 2.05) is 13.8 Å². The normalized spacial score (nSPS) is 10.7. The number of rotatable bonds is 5. The molecule has 0 unspecified atom stereocenters. The van der Waals surface area contributed by atoms with E-state index in [0.717, 1.165) is 43.1 Å². The summed E-state index contributed by atoms with van der Waals surface area (Å²) in [5.41, 5.74) is 7.51. The van der Waals surface area contributed by atoms with Gasteiger partial charge in [-0.15, -0.1) is 0 Å². The SMILES string of the molecule is Cc1noc(C)c1CNCCCN. The van der Waals surface area contributed by atoms with Crippen LogP contribution < -0.4 is 11.1 Å². The quantitative estimate of drug-likeness (QED) is 0.660. The average molecular weight is 183 g/mol. The summed E-state index contributed by atoms with van der Waals surface area (Å²) in [6.45, 7) is 6.38. The Kier molecular flexibility index (Phi) is 3.92. The summed E-state index contributed by atoms with van der Waals surface area (Å²) in [5, 5.41) is 7.17. The van der Waals surface area contributed by atoms with Gasteiger partial charge in [0.2, 0.25) is 0 Å². The van der Waals surface area contributed by atoms with Gasteiger partial charge in [-0.1, -0.05) is 5.16 Å². The van der Waals surface area contributed by atoms with E-state index in [1.165, 1.54) is 0 Å². The lowest BCUT2D eigenvalue weighted by atomic mass is 10.2. The average Bonchev–Trinajstić information content (AvgIpc) is 2.42. The minimum atomic E-state index is 0.731. The first-order chi connectivity index (χ1) is 6.25. The Morgan fingerprint density at radius 1 is 1.46 bits per heavy atom. The zero-order chi connectivity index (χ0) is 9.68. The van der Waals surface area contributed by atoms with Gasteiger partial charge in [-0.2, -0.15) is 0 Å². The molecule has 0 amide bonds. The summed E-state index contributed by atoms with van der Waals surface area (Å²) in [6.07, 6.45) is 1.00. The zero-order valence-electron chi connectivity index (χ0n) is 8.26. The topological polar surface area (TPSA) is 64.1 Å². The van der Waals surface area contributed by atoms with Crippen LogP contribution in [0.2, 0.25) is 0 Å². The van der Waals surface area contributed by atoms with Gasteiger partial charge in [-0.25, -0.2) is 0 Å². The van der Waals surface area contributed by atoms with Crippen LogP contribution in [0.25, 0.3) is 0 Å². The molecule has 1 heterocycles. The Morgan fingerprint density at radius 3 is 2.77 bits per heavy atom. The molecule has 1 aromatic heterocycles. The molecule has 74 valence electrons. The molecule has 3 N–H and O–H groups in total. The number of hydrogen-bond acceptors (Lipinski definition) is 4. The van der Waals surface area contributed by atoms with Gasteiger partial charge in [0.05, 0.1) is 5.69 Å². The molecule has 0 aliphatic carbocycles. The molecule has 0 aromatic carbocycles. The molecule has 0 aliphatic heterocycles. The molecule has 0 saturated carbocycles. The second kappa shape index (κ2) is 4.99. The monoisotopic (exact) mass is 183 g/mol. The molecule has 4 nitrogen and oxygen atoms in total. The van der Waals surface area contributed by atoms with E-state index in [1.54, 1.807) is 0 Å². The Balaban J connectivity index is 2.36. The van der Waals surface area contributed by atoms with E-state index in [-0.39, 0.29) is 0 Å². The maximum Gasteiger partial charge on any atom is 0.138 e. The molecule has 0 aliphatic rings. The van der Waals surface area contributed by atoms with E-state index in [2.05, 4.69) is 10.5 Å². The molecule has 0 bridgehead atoms. The minimum Gasteiger partial charge on any atom is -0.361 e. The molecule has 1 rings (SSSR count). The van der Waals surface area contributed by atoms with Crippen molar-refractivity contribution in [3.63, 3.8) is 0 Å². The van der Waals surface area contributed by atoms with E-state index >= 15 is 0 Å². The Bertz CT molecular complexity index is 238. The van der Waals surface area contributed by atoms with Gasteiger partial charge < -0.3 is 15.6 Å².